The lowest BCUT2D eigenvalue weighted by atomic mass is 10.1. The number of methoxy groups -OCH3 is 1. The number of anilines is 1. The third-order valence-corrected chi connectivity index (χ3v) is 5.55. The highest BCUT2D eigenvalue weighted by atomic mass is 16.5. The standard InChI is InChI=1S/C29H27N3O4/c1-20(31-32-29(34)19-36-27-16-11-23-5-3-4-6-24(23)18-27)22-9-12-25(13-10-22)30-28(33)17-21-7-14-26(35-2)15-8-21/h3-16,18H,17,19H2,1-2H3,(H,30,33)(H,32,34)/b31-20+. The summed E-state index contributed by atoms with van der Waals surface area (Å²) in [5.41, 5.74) is 5.54. The number of fused-ring (bicyclic) bond motifs is 1. The third kappa shape index (κ3) is 6.70. The number of hydrazone groups is 1. The molecule has 0 atom stereocenters. The van der Waals surface area contributed by atoms with E-state index < -0.39 is 0 Å². The summed E-state index contributed by atoms with van der Waals surface area (Å²) in [6, 6.07) is 28.3. The maximum Gasteiger partial charge on any atom is 0.277 e. The Morgan fingerprint density at radius 2 is 1.50 bits per heavy atom. The van der Waals surface area contributed by atoms with Crippen molar-refractivity contribution in [3.63, 3.8) is 0 Å². The van der Waals surface area contributed by atoms with Gasteiger partial charge >= 0.3 is 0 Å². The summed E-state index contributed by atoms with van der Waals surface area (Å²) in [6.45, 7) is 1.65. The lowest BCUT2D eigenvalue weighted by Crippen LogP contribution is -2.25. The molecule has 0 fully saturated rings. The predicted octanol–water partition coefficient (Wildman–Crippen LogP) is 4.95. The van der Waals surface area contributed by atoms with Crippen LogP contribution in [0, 0.1) is 0 Å². The summed E-state index contributed by atoms with van der Waals surface area (Å²) in [7, 11) is 1.60. The first-order valence-electron chi connectivity index (χ1n) is 11.5. The van der Waals surface area contributed by atoms with E-state index in [1.54, 1.807) is 26.2 Å². The molecule has 0 radical (unpaired) electrons. The Hall–Kier alpha value is -4.65. The van der Waals surface area contributed by atoms with Crippen molar-refractivity contribution in [2.24, 2.45) is 5.10 Å². The monoisotopic (exact) mass is 481 g/mol. The number of nitrogens with one attached hydrogen (secondary N) is 2. The highest BCUT2D eigenvalue weighted by molar-refractivity contribution is 6.00. The molecule has 0 heterocycles. The zero-order valence-electron chi connectivity index (χ0n) is 20.2. The van der Waals surface area contributed by atoms with Crippen molar-refractivity contribution in [1.82, 2.24) is 5.43 Å². The van der Waals surface area contributed by atoms with Gasteiger partial charge in [0.05, 0.1) is 19.2 Å². The summed E-state index contributed by atoms with van der Waals surface area (Å²) in [5.74, 6) is 0.900. The van der Waals surface area contributed by atoms with E-state index in [0.29, 0.717) is 17.1 Å². The third-order valence-electron chi connectivity index (χ3n) is 5.55. The molecule has 2 N–H and O–H groups in total. The van der Waals surface area contributed by atoms with Crippen molar-refractivity contribution < 1.29 is 19.1 Å². The molecule has 0 aliphatic rings. The number of benzene rings is 4. The number of nitrogens with zero attached hydrogens (tertiary/aromatic N) is 1. The molecule has 36 heavy (non-hydrogen) atoms. The topological polar surface area (TPSA) is 89.0 Å². The van der Waals surface area contributed by atoms with E-state index in [1.165, 1.54) is 0 Å². The van der Waals surface area contributed by atoms with Crippen LogP contribution in [0.3, 0.4) is 0 Å². The SMILES string of the molecule is COc1ccc(CC(=O)Nc2ccc(/C(C)=N/NC(=O)COc3ccc4ccccc4c3)cc2)cc1. The zero-order valence-corrected chi connectivity index (χ0v) is 20.2. The van der Waals surface area contributed by atoms with Crippen molar-refractivity contribution in [2.45, 2.75) is 13.3 Å². The van der Waals surface area contributed by atoms with Crippen molar-refractivity contribution in [3.8, 4) is 11.5 Å². The molecule has 4 rings (SSSR count). The molecule has 0 aromatic heterocycles. The number of carbonyl (C=O) groups is 2. The second-order valence-corrected chi connectivity index (χ2v) is 8.18. The minimum atomic E-state index is -0.357. The fourth-order valence-electron chi connectivity index (χ4n) is 3.58. The fourth-order valence-corrected chi connectivity index (χ4v) is 3.58. The van der Waals surface area contributed by atoms with Crippen LogP contribution >= 0.6 is 0 Å². The maximum atomic E-state index is 12.3. The number of ether oxygens (including phenoxy) is 2. The molecule has 4 aromatic rings. The quantitative estimate of drug-likeness (QED) is 0.262. The van der Waals surface area contributed by atoms with Crippen molar-refractivity contribution >= 4 is 34.0 Å². The van der Waals surface area contributed by atoms with E-state index >= 15 is 0 Å². The summed E-state index contributed by atoms with van der Waals surface area (Å²) >= 11 is 0. The van der Waals surface area contributed by atoms with Gasteiger partial charge in [0.2, 0.25) is 5.91 Å². The highest BCUT2D eigenvalue weighted by Crippen LogP contribution is 2.20. The van der Waals surface area contributed by atoms with Gasteiger partial charge in [-0.25, -0.2) is 5.43 Å². The van der Waals surface area contributed by atoms with E-state index in [0.717, 1.165) is 27.6 Å². The fraction of sp³-hybridized carbons (Fsp3) is 0.138. The Kier molecular flexibility index (Phi) is 7.93. The zero-order chi connectivity index (χ0) is 25.3. The minimum absolute atomic E-state index is 0.114. The molecular formula is C29H27N3O4. The molecule has 2 amide bonds. The van der Waals surface area contributed by atoms with E-state index in [1.807, 2.05) is 78.9 Å². The first kappa shape index (κ1) is 24.5. The maximum absolute atomic E-state index is 12.3. The van der Waals surface area contributed by atoms with E-state index in [-0.39, 0.29) is 24.8 Å². The van der Waals surface area contributed by atoms with Crippen molar-refractivity contribution in [3.05, 3.63) is 102 Å². The molecule has 0 saturated carbocycles. The first-order chi connectivity index (χ1) is 17.5. The molecular weight excluding hydrogens is 454 g/mol. The molecule has 0 aliphatic heterocycles. The highest BCUT2D eigenvalue weighted by Gasteiger charge is 2.07. The van der Waals surface area contributed by atoms with Gasteiger partial charge in [-0.2, -0.15) is 5.10 Å². The van der Waals surface area contributed by atoms with Crippen LogP contribution in [-0.4, -0.2) is 31.2 Å². The predicted molar refractivity (Wildman–Crippen MR) is 142 cm³/mol. The smallest absolute Gasteiger partial charge is 0.277 e. The molecule has 0 spiro atoms. The van der Waals surface area contributed by atoms with Gasteiger partial charge in [0.1, 0.15) is 11.5 Å². The lowest BCUT2D eigenvalue weighted by molar-refractivity contribution is -0.123. The normalized spacial score (nSPS) is 11.1. The van der Waals surface area contributed by atoms with Crippen LogP contribution in [0.25, 0.3) is 10.8 Å². The summed E-state index contributed by atoms with van der Waals surface area (Å²) in [4.78, 5) is 24.5. The van der Waals surface area contributed by atoms with Gasteiger partial charge in [0.15, 0.2) is 6.61 Å². The number of rotatable bonds is 9. The van der Waals surface area contributed by atoms with Crippen LogP contribution in [-0.2, 0) is 16.0 Å². The number of hydrogen-bond donors (Lipinski definition) is 2. The largest absolute Gasteiger partial charge is 0.497 e. The average molecular weight is 482 g/mol. The van der Waals surface area contributed by atoms with Crippen molar-refractivity contribution in [2.75, 3.05) is 19.0 Å². The van der Waals surface area contributed by atoms with Gasteiger partial charge in [0, 0.05) is 5.69 Å². The molecule has 7 heteroatoms. The molecule has 0 saturated heterocycles. The Labute approximate surface area is 209 Å². The Balaban J connectivity index is 1.25. The molecule has 4 aromatic carbocycles. The van der Waals surface area contributed by atoms with Crippen LogP contribution in [0.15, 0.2) is 96.1 Å². The van der Waals surface area contributed by atoms with Gasteiger partial charge in [-0.1, -0.05) is 54.6 Å². The average Bonchev–Trinajstić information content (AvgIpc) is 2.91. The number of hydrogen-bond acceptors (Lipinski definition) is 5. The molecule has 7 nitrogen and oxygen atoms in total. The molecule has 0 aliphatic carbocycles. The lowest BCUT2D eigenvalue weighted by Gasteiger charge is -2.08. The first-order valence-corrected chi connectivity index (χ1v) is 11.5. The van der Waals surface area contributed by atoms with Crippen molar-refractivity contribution in [1.29, 1.82) is 0 Å². The van der Waals surface area contributed by atoms with Gasteiger partial charge in [-0.3, -0.25) is 9.59 Å². The molecule has 0 bridgehead atoms. The van der Waals surface area contributed by atoms with Gasteiger partial charge < -0.3 is 14.8 Å². The van der Waals surface area contributed by atoms with Gasteiger partial charge in [-0.15, -0.1) is 0 Å². The van der Waals surface area contributed by atoms with E-state index in [4.69, 9.17) is 9.47 Å². The van der Waals surface area contributed by atoms with E-state index in [9.17, 15) is 9.59 Å². The molecule has 0 unspecified atom stereocenters. The number of carbonyl (C=O) groups excluding carboxylic acids is 2. The van der Waals surface area contributed by atoms with Crippen LogP contribution in [0.1, 0.15) is 18.1 Å². The second kappa shape index (κ2) is 11.7. The minimum Gasteiger partial charge on any atom is -0.497 e. The Morgan fingerprint density at radius 3 is 2.22 bits per heavy atom. The summed E-state index contributed by atoms with van der Waals surface area (Å²) in [5, 5.41) is 9.19. The van der Waals surface area contributed by atoms with Crippen LogP contribution in [0.5, 0.6) is 11.5 Å². The number of amides is 2. The Morgan fingerprint density at radius 1 is 0.806 bits per heavy atom. The van der Waals surface area contributed by atoms with Gasteiger partial charge in [0.25, 0.3) is 5.91 Å². The Bertz CT molecular complexity index is 1380. The van der Waals surface area contributed by atoms with Gasteiger partial charge in [-0.05, 0) is 65.2 Å². The second-order valence-electron chi connectivity index (χ2n) is 8.18. The summed E-state index contributed by atoms with van der Waals surface area (Å²) < 4.78 is 10.7. The van der Waals surface area contributed by atoms with Crippen LogP contribution in [0.4, 0.5) is 5.69 Å². The summed E-state index contributed by atoms with van der Waals surface area (Å²) in [6.07, 6.45) is 0.263. The molecule has 182 valence electrons. The van der Waals surface area contributed by atoms with E-state index in [2.05, 4.69) is 15.8 Å². The van der Waals surface area contributed by atoms with Crippen LogP contribution in [0.2, 0.25) is 0 Å². The van der Waals surface area contributed by atoms with Crippen LogP contribution < -0.4 is 20.2 Å².